The minimum absolute atomic E-state index is 0.280. The zero-order chi connectivity index (χ0) is 13.9. The van der Waals surface area contributed by atoms with Gasteiger partial charge in [0.05, 0.1) is 10.6 Å². The molecule has 9 heteroatoms. The number of amides is 1. The zero-order valence-corrected chi connectivity index (χ0v) is 9.95. The van der Waals surface area contributed by atoms with Gasteiger partial charge in [-0.3, -0.25) is 4.79 Å². The lowest BCUT2D eigenvalue weighted by Gasteiger charge is -2.10. The van der Waals surface area contributed by atoms with Crippen LogP contribution in [0.2, 0.25) is 0 Å². The van der Waals surface area contributed by atoms with E-state index in [1.807, 2.05) is 4.72 Å². The summed E-state index contributed by atoms with van der Waals surface area (Å²) in [5, 5.41) is 9.05. The predicted octanol–water partition coefficient (Wildman–Crippen LogP) is -1.47. The van der Waals surface area contributed by atoms with Gasteiger partial charge < -0.3 is 16.6 Å². The Kier molecular flexibility index (Phi) is 4.22. The van der Waals surface area contributed by atoms with E-state index in [-0.39, 0.29) is 10.6 Å². The van der Waals surface area contributed by atoms with E-state index in [1.165, 1.54) is 0 Å². The molecule has 0 aromatic heterocycles. The average Bonchev–Trinajstić information content (AvgIpc) is 2.29. The molecule has 0 spiro atoms. The van der Waals surface area contributed by atoms with Crippen molar-refractivity contribution in [2.24, 2.45) is 5.73 Å². The number of primary amides is 1. The highest BCUT2D eigenvalue weighted by Gasteiger charge is 2.19. The van der Waals surface area contributed by atoms with Gasteiger partial charge in [0.1, 0.15) is 11.9 Å². The summed E-state index contributed by atoms with van der Waals surface area (Å²) < 4.78 is 38.2. The third kappa shape index (κ3) is 3.39. The van der Waals surface area contributed by atoms with E-state index in [9.17, 15) is 17.6 Å². The number of nitrogens with two attached hydrogens (primary N) is 2. The first-order valence-electron chi connectivity index (χ1n) is 4.76. The number of hydrogen-bond donors (Lipinski definition) is 4. The SMILES string of the molecule is NC(=O)C(O)CNS(=O)(=O)c1ccc(F)c(N)c1. The summed E-state index contributed by atoms with van der Waals surface area (Å²) in [6.45, 7) is -0.574. The van der Waals surface area contributed by atoms with Gasteiger partial charge in [-0.25, -0.2) is 17.5 Å². The number of sulfonamides is 1. The molecular formula is C9H12FN3O4S. The number of halogens is 1. The molecule has 0 heterocycles. The van der Waals surface area contributed by atoms with Crippen LogP contribution < -0.4 is 16.2 Å². The van der Waals surface area contributed by atoms with Crippen LogP contribution in [0.3, 0.4) is 0 Å². The van der Waals surface area contributed by atoms with Gasteiger partial charge in [0.15, 0.2) is 0 Å². The molecule has 18 heavy (non-hydrogen) atoms. The Balaban J connectivity index is 2.87. The summed E-state index contributed by atoms with van der Waals surface area (Å²) in [5.74, 6) is -1.80. The first-order chi connectivity index (χ1) is 8.24. The largest absolute Gasteiger partial charge is 0.396 e. The Morgan fingerprint density at radius 2 is 2.11 bits per heavy atom. The molecule has 1 aromatic carbocycles. The van der Waals surface area contributed by atoms with Crippen LogP contribution in [0.4, 0.5) is 10.1 Å². The van der Waals surface area contributed by atoms with Crippen molar-refractivity contribution in [3.05, 3.63) is 24.0 Å². The number of carbonyl (C=O) groups excluding carboxylic acids is 1. The van der Waals surface area contributed by atoms with Crippen molar-refractivity contribution in [3.63, 3.8) is 0 Å². The van der Waals surface area contributed by atoms with Gasteiger partial charge in [-0.15, -0.1) is 0 Å². The number of rotatable bonds is 5. The summed E-state index contributed by atoms with van der Waals surface area (Å²) in [6, 6.07) is 2.83. The molecule has 0 fully saturated rings. The van der Waals surface area contributed by atoms with E-state index in [4.69, 9.17) is 16.6 Å². The molecule has 0 aliphatic rings. The Labute approximate surface area is 103 Å². The lowest BCUT2D eigenvalue weighted by atomic mass is 10.3. The number of aliphatic hydroxyl groups excluding tert-OH is 1. The Hall–Kier alpha value is -1.71. The van der Waals surface area contributed by atoms with Gasteiger partial charge in [0.2, 0.25) is 15.9 Å². The minimum atomic E-state index is -3.99. The van der Waals surface area contributed by atoms with Crippen LogP contribution in [0.25, 0.3) is 0 Å². The van der Waals surface area contributed by atoms with Crippen LogP contribution in [0, 0.1) is 5.82 Å². The molecular weight excluding hydrogens is 265 g/mol. The van der Waals surface area contributed by atoms with Gasteiger partial charge in [0, 0.05) is 6.54 Å². The van der Waals surface area contributed by atoms with Gasteiger partial charge in [0.25, 0.3) is 0 Å². The molecule has 0 saturated heterocycles. The lowest BCUT2D eigenvalue weighted by molar-refractivity contribution is -0.125. The predicted molar refractivity (Wildman–Crippen MR) is 61.2 cm³/mol. The topological polar surface area (TPSA) is 136 Å². The third-order valence-electron chi connectivity index (χ3n) is 2.07. The van der Waals surface area contributed by atoms with E-state index < -0.39 is 34.4 Å². The normalized spacial score (nSPS) is 13.2. The monoisotopic (exact) mass is 277 g/mol. The van der Waals surface area contributed by atoms with Crippen molar-refractivity contribution < 1.29 is 22.7 Å². The summed E-state index contributed by atoms with van der Waals surface area (Å²) in [6.07, 6.45) is -1.64. The van der Waals surface area contributed by atoms with Gasteiger partial charge in [-0.1, -0.05) is 0 Å². The average molecular weight is 277 g/mol. The van der Waals surface area contributed by atoms with Gasteiger partial charge >= 0.3 is 0 Å². The molecule has 6 N–H and O–H groups in total. The maximum Gasteiger partial charge on any atom is 0.247 e. The molecule has 1 unspecified atom stereocenters. The fraction of sp³-hybridized carbons (Fsp3) is 0.222. The van der Waals surface area contributed by atoms with Crippen LogP contribution in [-0.2, 0) is 14.8 Å². The summed E-state index contributed by atoms with van der Waals surface area (Å²) in [5.41, 5.74) is 9.66. The van der Waals surface area contributed by atoms with Crippen LogP contribution in [0.15, 0.2) is 23.1 Å². The second-order valence-electron chi connectivity index (χ2n) is 3.45. The second-order valence-corrected chi connectivity index (χ2v) is 5.22. The molecule has 1 aromatic rings. The van der Waals surface area contributed by atoms with Gasteiger partial charge in [-0.05, 0) is 18.2 Å². The first kappa shape index (κ1) is 14.4. The lowest BCUT2D eigenvalue weighted by Crippen LogP contribution is -2.39. The smallest absolute Gasteiger partial charge is 0.247 e. The Bertz CT molecular complexity index is 561. The van der Waals surface area contributed by atoms with Crippen molar-refractivity contribution in [1.82, 2.24) is 4.72 Å². The van der Waals surface area contributed by atoms with Crippen molar-refractivity contribution in [3.8, 4) is 0 Å². The van der Waals surface area contributed by atoms with E-state index >= 15 is 0 Å². The molecule has 100 valence electrons. The number of nitrogen functional groups attached to an aromatic ring is 1. The fourth-order valence-corrected chi connectivity index (χ4v) is 2.13. The van der Waals surface area contributed by atoms with Crippen molar-refractivity contribution in [1.29, 1.82) is 0 Å². The highest BCUT2D eigenvalue weighted by molar-refractivity contribution is 7.89. The van der Waals surface area contributed by atoms with Crippen molar-refractivity contribution >= 4 is 21.6 Å². The zero-order valence-electron chi connectivity index (χ0n) is 9.13. The van der Waals surface area contributed by atoms with E-state index in [2.05, 4.69) is 0 Å². The highest BCUT2D eigenvalue weighted by atomic mass is 32.2. The molecule has 0 radical (unpaired) electrons. The van der Waals surface area contributed by atoms with Crippen molar-refractivity contribution in [2.75, 3.05) is 12.3 Å². The number of aliphatic hydroxyl groups is 1. The van der Waals surface area contributed by atoms with E-state index in [0.29, 0.717) is 0 Å². The number of benzene rings is 1. The molecule has 0 aliphatic heterocycles. The maximum atomic E-state index is 12.9. The minimum Gasteiger partial charge on any atom is -0.396 e. The molecule has 1 amide bonds. The Morgan fingerprint density at radius 3 is 2.61 bits per heavy atom. The van der Waals surface area contributed by atoms with Crippen LogP contribution >= 0.6 is 0 Å². The van der Waals surface area contributed by atoms with Crippen LogP contribution in [0.5, 0.6) is 0 Å². The van der Waals surface area contributed by atoms with E-state index in [1.54, 1.807) is 0 Å². The maximum absolute atomic E-state index is 12.9. The van der Waals surface area contributed by atoms with E-state index in [0.717, 1.165) is 18.2 Å². The van der Waals surface area contributed by atoms with Crippen LogP contribution in [0.1, 0.15) is 0 Å². The summed E-state index contributed by atoms with van der Waals surface area (Å²) >= 11 is 0. The molecule has 0 saturated carbocycles. The molecule has 1 rings (SSSR count). The fourth-order valence-electron chi connectivity index (χ4n) is 1.06. The third-order valence-corrected chi connectivity index (χ3v) is 3.49. The molecule has 1 atom stereocenters. The number of hydrogen-bond acceptors (Lipinski definition) is 5. The first-order valence-corrected chi connectivity index (χ1v) is 6.24. The number of carbonyl (C=O) groups is 1. The van der Waals surface area contributed by atoms with Crippen molar-refractivity contribution in [2.45, 2.75) is 11.0 Å². The molecule has 0 aliphatic carbocycles. The molecule has 7 nitrogen and oxygen atoms in total. The highest BCUT2D eigenvalue weighted by Crippen LogP contribution is 2.16. The standard InChI is InChI=1S/C9H12FN3O4S/c10-6-2-1-5(3-7(6)11)18(16,17)13-4-8(14)9(12)15/h1-3,8,13-14H,4,11H2,(H2,12,15). The van der Waals surface area contributed by atoms with Crippen LogP contribution in [-0.4, -0.2) is 32.1 Å². The second kappa shape index (κ2) is 5.29. The molecule has 0 bridgehead atoms. The summed E-state index contributed by atoms with van der Waals surface area (Å²) in [7, 11) is -3.99. The number of nitrogens with one attached hydrogen (secondary N) is 1. The quantitative estimate of drug-likeness (QED) is 0.487. The Morgan fingerprint density at radius 1 is 1.50 bits per heavy atom. The number of anilines is 1. The van der Waals surface area contributed by atoms with Gasteiger partial charge in [-0.2, -0.15) is 0 Å². The summed E-state index contributed by atoms with van der Waals surface area (Å²) in [4.78, 5) is 10.2.